The van der Waals surface area contributed by atoms with E-state index in [0.717, 1.165) is 46.4 Å². The predicted molar refractivity (Wildman–Crippen MR) is 139 cm³/mol. The van der Waals surface area contributed by atoms with Crippen LogP contribution in [0.2, 0.25) is 0 Å². The number of H-pyrrole nitrogens is 1. The number of para-hydroxylation sites is 2. The standard InChI is InChI=1S/C28H26N6O2/c1-18-6-5-8-21-16-23(28(35)29-25(18)21)26(33-15-14-20-7-3-4-9-24(20)33)27-30-31-32-34(27)17-19-10-12-22(36-2)13-11-19/h3-13,16,26H,14-15,17H2,1-2H3,(H,29,35). The van der Waals surface area contributed by atoms with Crippen LogP contribution in [0.4, 0.5) is 5.69 Å². The highest BCUT2D eigenvalue weighted by atomic mass is 16.5. The third-order valence-corrected chi connectivity index (χ3v) is 6.94. The molecule has 36 heavy (non-hydrogen) atoms. The quantitative estimate of drug-likeness (QED) is 0.396. The van der Waals surface area contributed by atoms with Crippen molar-refractivity contribution in [2.75, 3.05) is 18.6 Å². The van der Waals surface area contributed by atoms with Crippen molar-refractivity contribution in [3.63, 3.8) is 0 Å². The van der Waals surface area contributed by atoms with E-state index < -0.39 is 6.04 Å². The number of anilines is 1. The molecule has 0 fully saturated rings. The Labute approximate surface area is 208 Å². The van der Waals surface area contributed by atoms with Crippen molar-refractivity contribution < 1.29 is 4.74 Å². The number of tetrazole rings is 1. The van der Waals surface area contributed by atoms with Gasteiger partial charge in [0.2, 0.25) is 0 Å². The van der Waals surface area contributed by atoms with Crippen molar-refractivity contribution in [2.45, 2.75) is 25.9 Å². The highest BCUT2D eigenvalue weighted by molar-refractivity contribution is 5.82. The van der Waals surface area contributed by atoms with E-state index in [4.69, 9.17) is 4.74 Å². The Morgan fingerprint density at radius 3 is 2.72 bits per heavy atom. The molecular weight excluding hydrogens is 452 g/mol. The van der Waals surface area contributed by atoms with Crippen LogP contribution in [0.5, 0.6) is 5.75 Å². The molecule has 8 nitrogen and oxygen atoms in total. The van der Waals surface area contributed by atoms with E-state index in [1.807, 2.05) is 61.5 Å². The van der Waals surface area contributed by atoms with E-state index >= 15 is 0 Å². The van der Waals surface area contributed by atoms with Gasteiger partial charge in [0.1, 0.15) is 11.8 Å². The highest BCUT2D eigenvalue weighted by Gasteiger charge is 2.34. The second-order valence-electron chi connectivity index (χ2n) is 9.11. The maximum absolute atomic E-state index is 13.6. The van der Waals surface area contributed by atoms with Crippen LogP contribution >= 0.6 is 0 Å². The molecule has 1 atom stereocenters. The third kappa shape index (κ3) is 3.80. The number of aryl methyl sites for hydroxylation is 1. The maximum atomic E-state index is 13.6. The molecule has 0 aliphatic carbocycles. The molecule has 1 N–H and O–H groups in total. The molecule has 1 unspecified atom stereocenters. The van der Waals surface area contributed by atoms with Crippen LogP contribution in [0.15, 0.2) is 77.6 Å². The number of pyridine rings is 1. The predicted octanol–water partition coefficient (Wildman–Crippen LogP) is 4.03. The Balaban J connectivity index is 1.50. The number of fused-ring (bicyclic) bond motifs is 2. The Morgan fingerprint density at radius 1 is 1.06 bits per heavy atom. The molecule has 3 aromatic carbocycles. The van der Waals surface area contributed by atoms with E-state index in [0.29, 0.717) is 17.9 Å². The second kappa shape index (κ2) is 8.96. The van der Waals surface area contributed by atoms with Crippen molar-refractivity contribution in [1.29, 1.82) is 0 Å². The van der Waals surface area contributed by atoms with E-state index in [9.17, 15) is 4.79 Å². The lowest BCUT2D eigenvalue weighted by Gasteiger charge is -2.29. The SMILES string of the molecule is COc1ccc(Cn2nnnc2C(c2cc3cccc(C)c3[nH]c2=O)N2CCc3ccccc32)cc1. The number of aromatic nitrogens is 5. The lowest BCUT2D eigenvalue weighted by Crippen LogP contribution is -2.34. The monoisotopic (exact) mass is 478 g/mol. The van der Waals surface area contributed by atoms with Gasteiger partial charge < -0.3 is 14.6 Å². The van der Waals surface area contributed by atoms with Gasteiger partial charge in [-0.15, -0.1) is 5.10 Å². The number of benzene rings is 3. The summed E-state index contributed by atoms with van der Waals surface area (Å²) in [5, 5.41) is 13.8. The first-order valence-corrected chi connectivity index (χ1v) is 12.0. The van der Waals surface area contributed by atoms with Crippen molar-refractivity contribution >= 4 is 16.6 Å². The molecule has 1 aliphatic rings. The number of rotatable bonds is 6. The lowest BCUT2D eigenvalue weighted by molar-refractivity contribution is 0.414. The molecule has 0 radical (unpaired) electrons. The van der Waals surface area contributed by atoms with Crippen LogP contribution in [-0.2, 0) is 13.0 Å². The van der Waals surface area contributed by atoms with Crippen molar-refractivity contribution in [1.82, 2.24) is 25.2 Å². The summed E-state index contributed by atoms with van der Waals surface area (Å²) >= 11 is 0. The lowest BCUT2D eigenvalue weighted by atomic mass is 10.0. The van der Waals surface area contributed by atoms with Gasteiger partial charge in [-0.3, -0.25) is 4.79 Å². The summed E-state index contributed by atoms with van der Waals surface area (Å²) < 4.78 is 7.07. The van der Waals surface area contributed by atoms with Crippen LogP contribution in [0, 0.1) is 6.92 Å². The summed E-state index contributed by atoms with van der Waals surface area (Å²) in [4.78, 5) is 18.9. The zero-order valence-electron chi connectivity index (χ0n) is 20.2. The molecule has 3 heterocycles. The Bertz CT molecular complexity index is 1610. The topological polar surface area (TPSA) is 88.9 Å². The number of methoxy groups -OCH3 is 1. The fourth-order valence-corrected chi connectivity index (χ4v) is 5.11. The minimum atomic E-state index is -0.449. The normalized spacial score (nSPS) is 13.7. The molecular formula is C28H26N6O2. The molecule has 0 saturated carbocycles. The third-order valence-electron chi connectivity index (χ3n) is 6.94. The van der Waals surface area contributed by atoms with Crippen LogP contribution in [0.3, 0.4) is 0 Å². The average molecular weight is 479 g/mol. The minimum absolute atomic E-state index is 0.134. The van der Waals surface area contributed by atoms with Crippen molar-refractivity contribution in [3.8, 4) is 5.75 Å². The van der Waals surface area contributed by atoms with Gasteiger partial charge in [-0.05, 0) is 70.1 Å². The Morgan fingerprint density at radius 2 is 1.89 bits per heavy atom. The first-order valence-electron chi connectivity index (χ1n) is 12.0. The summed E-state index contributed by atoms with van der Waals surface area (Å²) in [6.07, 6.45) is 0.900. The number of ether oxygens (including phenoxy) is 1. The van der Waals surface area contributed by atoms with Gasteiger partial charge in [0.05, 0.1) is 19.2 Å². The molecule has 0 spiro atoms. The smallest absolute Gasteiger partial charge is 0.254 e. The molecule has 0 bridgehead atoms. The van der Waals surface area contributed by atoms with Crippen LogP contribution in [-0.4, -0.2) is 38.8 Å². The average Bonchev–Trinajstić information content (AvgIpc) is 3.53. The number of nitrogens with zero attached hydrogens (tertiary/aromatic N) is 5. The Hall–Kier alpha value is -4.46. The van der Waals surface area contributed by atoms with Gasteiger partial charge in [0, 0.05) is 17.8 Å². The number of hydrogen-bond donors (Lipinski definition) is 1. The molecule has 0 amide bonds. The van der Waals surface area contributed by atoms with E-state index in [1.165, 1.54) is 5.56 Å². The fourth-order valence-electron chi connectivity index (χ4n) is 5.11. The highest BCUT2D eigenvalue weighted by Crippen LogP contribution is 2.37. The molecule has 1 aliphatic heterocycles. The summed E-state index contributed by atoms with van der Waals surface area (Å²) in [7, 11) is 1.65. The first-order chi connectivity index (χ1) is 17.6. The maximum Gasteiger partial charge on any atom is 0.254 e. The molecule has 2 aromatic heterocycles. The van der Waals surface area contributed by atoms with Gasteiger partial charge >= 0.3 is 0 Å². The summed E-state index contributed by atoms with van der Waals surface area (Å²) in [6, 6.07) is 23.7. The van der Waals surface area contributed by atoms with Crippen molar-refractivity contribution in [3.05, 3.63) is 111 Å². The summed E-state index contributed by atoms with van der Waals surface area (Å²) in [5.41, 5.74) is 5.76. The van der Waals surface area contributed by atoms with Crippen LogP contribution in [0.25, 0.3) is 10.9 Å². The van der Waals surface area contributed by atoms with Gasteiger partial charge in [0.15, 0.2) is 5.82 Å². The molecule has 6 rings (SSSR count). The fraction of sp³-hybridized carbons (Fsp3) is 0.214. The van der Waals surface area contributed by atoms with E-state index in [2.05, 4.69) is 43.6 Å². The van der Waals surface area contributed by atoms with Crippen LogP contribution < -0.4 is 15.2 Å². The first kappa shape index (κ1) is 22.0. The second-order valence-corrected chi connectivity index (χ2v) is 9.11. The molecule has 180 valence electrons. The minimum Gasteiger partial charge on any atom is -0.497 e. The number of aromatic amines is 1. The van der Waals surface area contributed by atoms with Crippen LogP contribution in [0.1, 0.15) is 34.1 Å². The molecule has 8 heteroatoms. The number of nitrogens with one attached hydrogen (secondary N) is 1. The Kier molecular flexibility index (Phi) is 5.48. The molecule has 5 aromatic rings. The van der Waals surface area contributed by atoms with Gasteiger partial charge in [-0.25, -0.2) is 4.68 Å². The van der Waals surface area contributed by atoms with E-state index in [-0.39, 0.29) is 5.56 Å². The zero-order valence-corrected chi connectivity index (χ0v) is 20.2. The van der Waals surface area contributed by atoms with Gasteiger partial charge in [-0.1, -0.05) is 48.5 Å². The largest absolute Gasteiger partial charge is 0.497 e. The zero-order chi connectivity index (χ0) is 24.6. The van der Waals surface area contributed by atoms with Gasteiger partial charge in [-0.2, -0.15) is 0 Å². The molecule has 0 saturated heterocycles. The van der Waals surface area contributed by atoms with Gasteiger partial charge in [0.25, 0.3) is 5.56 Å². The van der Waals surface area contributed by atoms with E-state index in [1.54, 1.807) is 11.8 Å². The van der Waals surface area contributed by atoms with Crippen molar-refractivity contribution in [2.24, 2.45) is 0 Å². The summed E-state index contributed by atoms with van der Waals surface area (Å²) in [5.74, 6) is 1.42. The summed E-state index contributed by atoms with van der Waals surface area (Å²) in [6.45, 7) is 3.25. The number of hydrogen-bond acceptors (Lipinski definition) is 6.